The lowest BCUT2D eigenvalue weighted by Gasteiger charge is -2.33. The number of carbonyl (C=O) groups is 4. The number of piperidine rings is 1. The van der Waals surface area contributed by atoms with Gasteiger partial charge in [-0.2, -0.15) is 0 Å². The minimum absolute atomic E-state index is 0.00867. The van der Waals surface area contributed by atoms with Gasteiger partial charge in [-0.05, 0) is 57.0 Å². The number of aryl methyl sites for hydroxylation is 1. The summed E-state index contributed by atoms with van der Waals surface area (Å²) < 4.78 is 5.57. The van der Waals surface area contributed by atoms with Gasteiger partial charge in [-0.25, -0.2) is 0 Å². The molecule has 8 nitrogen and oxygen atoms in total. The van der Waals surface area contributed by atoms with Crippen molar-refractivity contribution < 1.29 is 23.9 Å². The zero-order valence-corrected chi connectivity index (χ0v) is 20.0. The Morgan fingerprint density at radius 2 is 1.71 bits per heavy atom. The fourth-order valence-corrected chi connectivity index (χ4v) is 5.07. The molecule has 3 aliphatic heterocycles. The standard InChI is InChI=1S/C27H29N3O5/c1-16-3-6-21(7-4-16)30-15-20(14-24(30)31)27(34)29-11-9-18(10-12-29)25(32)19-5-8-23-22(13-19)28-26(33)17(2)35-23/h3-8,13,17-18,20H,9-12,14-15H2,1-2H3,(H,28,33). The van der Waals surface area contributed by atoms with Crippen LogP contribution in [0.25, 0.3) is 0 Å². The predicted octanol–water partition coefficient (Wildman–Crippen LogP) is 3.19. The van der Waals surface area contributed by atoms with Gasteiger partial charge in [-0.1, -0.05) is 17.7 Å². The zero-order valence-electron chi connectivity index (χ0n) is 20.0. The summed E-state index contributed by atoms with van der Waals surface area (Å²) in [7, 11) is 0. The number of amides is 3. The van der Waals surface area contributed by atoms with Crippen molar-refractivity contribution in [2.45, 2.75) is 39.2 Å². The molecule has 8 heteroatoms. The summed E-state index contributed by atoms with van der Waals surface area (Å²) in [5, 5.41) is 2.78. The molecule has 3 amide bonds. The average molecular weight is 476 g/mol. The number of anilines is 2. The molecule has 0 aliphatic carbocycles. The topological polar surface area (TPSA) is 96.0 Å². The fraction of sp³-hybridized carbons (Fsp3) is 0.407. The summed E-state index contributed by atoms with van der Waals surface area (Å²) in [6.07, 6.45) is 0.797. The molecule has 2 saturated heterocycles. The first-order valence-corrected chi connectivity index (χ1v) is 12.1. The normalized spacial score (nSPS) is 22.5. The minimum atomic E-state index is -0.565. The van der Waals surface area contributed by atoms with Crippen LogP contribution in [-0.4, -0.2) is 54.1 Å². The van der Waals surface area contributed by atoms with Gasteiger partial charge in [0, 0.05) is 43.2 Å². The van der Waals surface area contributed by atoms with Crippen molar-refractivity contribution in [2.75, 3.05) is 29.9 Å². The Morgan fingerprint density at radius 3 is 2.43 bits per heavy atom. The van der Waals surface area contributed by atoms with Crippen molar-refractivity contribution in [3.63, 3.8) is 0 Å². The Balaban J connectivity index is 1.18. The number of ether oxygens (including phenoxy) is 1. The van der Waals surface area contributed by atoms with E-state index in [1.807, 2.05) is 31.2 Å². The first-order chi connectivity index (χ1) is 16.8. The summed E-state index contributed by atoms with van der Waals surface area (Å²) in [5.74, 6) is -0.264. The molecule has 35 heavy (non-hydrogen) atoms. The number of benzene rings is 2. The van der Waals surface area contributed by atoms with E-state index in [1.165, 1.54) is 0 Å². The Bertz CT molecular complexity index is 1180. The van der Waals surface area contributed by atoms with E-state index >= 15 is 0 Å². The lowest BCUT2D eigenvalue weighted by molar-refractivity contribution is -0.137. The van der Waals surface area contributed by atoms with Gasteiger partial charge in [0.25, 0.3) is 5.91 Å². The number of rotatable bonds is 4. The van der Waals surface area contributed by atoms with E-state index in [-0.39, 0.29) is 41.8 Å². The van der Waals surface area contributed by atoms with Crippen LogP contribution in [0.5, 0.6) is 5.75 Å². The zero-order chi connectivity index (χ0) is 24.7. The predicted molar refractivity (Wildman–Crippen MR) is 130 cm³/mol. The first-order valence-electron chi connectivity index (χ1n) is 12.1. The van der Waals surface area contributed by atoms with Gasteiger partial charge >= 0.3 is 0 Å². The van der Waals surface area contributed by atoms with E-state index in [0.29, 0.717) is 49.5 Å². The van der Waals surface area contributed by atoms with Gasteiger partial charge in [-0.3, -0.25) is 19.2 Å². The van der Waals surface area contributed by atoms with Crippen molar-refractivity contribution in [3.05, 3.63) is 53.6 Å². The van der Waals surface area contributed by atoms with Crippen LogP contribution >= 0.6 is 0 Å². The smallest absolute Gasteiger partial charge is 0.265 e. The maximum Gasteiger partial charge on any atom is 0.265 e. The highest BCUT2D eigenvalue weighted by molar-refractivity contribution is 6.03. The summed E-state index contributed by atoms with van der Waals surface area (Å²) in [6.45, 7) is 5.04. The maximum atomic E-state index is 13.1. The van der Waals surface area contributed by atoms with Gasteiger partial charge in [0.05, 0.1) is 11.6 Å². The van der Waals surface area contributed by atoms with Crippen molar-refractivity contribution >= 4 is 34.9 Å². The average Bonchev–Trinajstić information content (AvgIpc) is 3.25. The van der Waals surface area contributed by atoms with Gasteiger partial charge in [-0.15, -0.1) is 0 Å². The van der Waals surface area contributed by atoms with Gasteiger partial charge in [0.1, 0.15) is 5.75 Å². The van der Waals surface area contributed by atoms with Gasteiger partial charge < -0.3 is 19.9 Å². The molecule has 2 fully saturated rings. The Hall–Kier alpha value is -3.68. The van der Waals surface area contributed by atoms with Gasteiger partial charge in [0.15, 0.2) is 11.9 Å². The van der Waals surface area contributed by atoms with E-state index in [4.69, 9.17) is 4.74 Å². The van der Waals surface area contributed by atoms with Crippen LogP contribution in [-0.2, 0) is 14.4 Å². The second-order valence-electron chi connectivity index (χ2n) is 9.67. The molecular weight excluding hydrogens is 446 g/mol. The SMILES string of the molecule is Cc1ccc(N2CC(C(=O)N3CCC(C(=O)c4ccc5c(c4)NC(=O)C(C)O5)CC3)CC2=O)cc1. The molecule has 0 saturated carbocycles. The van der Waals surface area contributed by atoms with E-state index in [9.17, 15) is 19.2 Å². The van der Waals surface area contributed by atoms with E-state index in [2.05, 4.69) is 5.32 Å². The van der Waals surface area contributed by atoms with E-state index in [1.54, 1.807) is 34.9 Å². The molecule has 2 aromatic carbocycles. The highest BCUT2D eigenvalue weighted by Gasteiger charge is 2.39. The minimum Gasteiger partial charge on any atom is -0.479 e. The molecule has 3 aliphatic rings. The third kappa shape index (κ3) is 4.52. The second kappa shape index (κ2) is 9.17. The largest absolute Gasteiger partial charge is 0.479 e. The summed E-state index contributed by atoms with van der Waals surface area (Å²) in [6, 6.07) is 12.9. The van der Waals surface area contributed by atoms with E-state index in [0.717, 1.165) is 11.3 Å². The molecule has 5 rings (SSSR count). The number of fused-ring (bicyclic) bond motifs is 1. The Morgan fingerprint density at radius 1 is 1.00 bits per heavy atom. The number of hydrogen-bond acceptors (Lipinski definition) is 5. The monoisotopic (exact) mass is 475 g/mol. The third-order valence-electron chi connectivity index (χ3n) is 7.19. The number of ketones is 1. The number of likely N-dealkylation sites (tertiary alicyclic amines) is 1. The molecule has 3 heterocycles. The fourth-order valence-electron chi connectivity index (χ4n) is 5.07. The summed E-state index contributed by atoms with van der Waals surface area (Å²) >= 11 is 0. The van der Waals surface area contributed by atoms with E-state index < -0.39 is 6.10 Å². The van der Waals surface area contributed by atoms with Crippen LogP contribution < -0.4 is 15.0 Å². The molecule has 1 N–H and O–H groups in total. The van der Waals surface area contributed by atoms with Crippen LogP contribution in [0.15, 0.2) is 42.5 Å². The number of nitrogens with one attached hydrogen (secondary N) is 1. The van der Waals surface area contributed by atoms with Crippen LogP contribution in [0.2, 0.25) is 0 Å². The number of carbonyl (C=O) groups excluding carboxylic acids is 4. The number of nitrogens with zero attached hydrogens (tertiary/aromatic N) is 2. The third-order valence-corrected chi connectivity index (χ3v) is 7.19. The molecule has 2 unspecified atom stereocenters. The molecule has 0 aromatic heterocycles. The summed E-state index contributed by atoms with van der Waals surface area (Å²) in [5.41, 5.74) is 2.98. The molecule has 2 aromatic rings. The van der Waals surface area contributed by atoms with Crippen LogP contribution in [0.1, 0.15) is 42.1 Å². The lowest BCUT2D eigenvalue weighted by Crippen LogP contribution is -2.43. The Labute approximate surface area is 204 Å². The van der Waals surface area contributed by atoms with Crippen molar-refractivity contribution in [2.24, 2.45) is 11.8 Å². The summed E-state index contributed by atoms with van der Waals surface area (Å²) in [4.78, 5) is 54.2. The van der Waals surface area contributed by atoms with Gasteiger partial charge in [0.2, 0.25) is 11.8 Å². The molecular formula is C27H29N3O5. The second-order valence-corrected chi connectivity index (χ2v) is 9.67. The number of hydrogen-bond donors (Lipinski definition) is 1. The van der Waals surface area contributed by atoms with Crippen LogP contribution in [0.4, 0.5) is 11.4 Å². The molecule has 182 valence electrons. The van der Waals surface area contributed by atoms with Crippen molar-refractivity contribution in [1.82, 2.24) is 4.90 Å². The number of Topliss-reactive ketones (excluding diaryl/α,β-unsaturated/α-hetero) is 1. The molecule has 0 spiro atoms. The highest BCUT2D eigenvalue weighted by atomic mass is 16.5. The van der Waals surface area contributed by atoms with Crippen molar-refractivity contribution in [1.29, 1.82) is 0 Å². The van der Waals surface area contributed by atoms with Crippen molar-refractivity contribution in [3.8, 4) is 5.75 Å². The Kier molecular flexibility index (Phi) is 6.05. The van der Waals surface area contributed by atoms with Crippen LogP contribution in [0, 0.1) is 18.8 Å². The van der Waals surface area contributed by atoms with Crippen LogP contribution in [0.3, 0.4) is 0 Å². The molecule has 0 radical (unpaired) electrons. The lowest BCUT2D eigenvalue weighted by atomic mass is 9.88. The highest BCUT2D eigenvalue weighted by Crippen LogP contribution is 2.33. The first kappa shape index (κ1) is 23.1. The molecule has 2 atom stereocenters. The molecule has 0 bridgehead atoms. The maximum absolute atomic E-state index is 13.1. The quantitative estimate of drug-likeness (QED) is 0.686.